The van der Waals surface area contributed by atoms with Gasteiger partial charge in [-0.1, -0.05) is 24.3 Å². The van der Waals surface area contributed by atoms with Crippen molar-refractivity contribution in [1.29, 1.82) is 0 Å². The Morgan fingerprint density at radius 3 is 2.51 bits per heavy atom. The molecule has 4 N–H and O–H groups in total. The molecule has 0 spiro atoms. The van der Waals surface area contributed by atoms with Gasteiger partial charge in [-0.15, -0.1) is 0 Å². The molecule has 2 aliphatic heterocycles. The van der Waals surface area contributed by atoms with Crippen LogP contribution in [0.2, 0.25) is 0 Å². The normalized spacial score (nSPS) is 24.8. The number of likely N-dealkylation sites (tertiary alicyclic amines) is 1. The Bertz CT molecular complexity index is 1570. The zero-order valence-electron chi connectivity index (χ0n) is 22.4. The molecule has 0 amide bonds. The number of nitrogens with two attached hydrogens (primary N) is 1. The molecule has 3 atom stereocenters. The maximum absolute atomic E-state index is 15.8. The summed E-state index contributed by atoms with van der Waals surface area (Å²) >= 11 is 0. The van der Waals surface area contributed by atoms with Gasteiger partial charge in [0, 0.05) is 36.9 Å². The number of benzene rings is 2. The Hall–Kier alpha value is -3.56. The van der Waals surface area contributed by atoms with Gasteiger partial charge in [-0.25, -0.2) is 9.18 Å². The average molecular weight is 531 g/mol. The van der Waals surface area contributed by atoms with E-state index in [1.54, 1.807) is 12.3 Å². The van der Waals surface area contributed by atoms with Crippen molar-refractivity contribution in [3.05, 3.63) is 58.9 Å². The molecule has 2 saturated heterocycles. The Kier molecular flexibility index (Phi) is 6.72. The van der Waals surface area contributed by atoms with Crippen molar-refractivity contribution in [2.45, 2.75) is 44.7 Å². The summed E-state index contributed by atoms with van der Waals surface area (Å²) < 4.78 is 15.8. The molecule has 3 aliphatic rings. The first-order valence-corrected chi connectivity index (χ1v) is 13.8. The second-order valence-corrected chi connectivity index (χ2v) is 11.3. The number of pyridine rings is 1. The van der Waals surface area contributed by atoms with Crippen molar-refractivity contribution in [2.75, 3.05) is 31.6 Å². The van der Waals surface area contributed by atoms with E-state index in [0.717, 1.165) is 29.7 Å². The van der Waals surface area contributed by atoms with Crippen LogP contribution in [0.25, 0.3) is 32.9 Å². The number of H-pyrrole nitrogens is 1. The molecule has 4 heterocycles. The number of hydrogen-bond donors (Lipinski definition) is 3. The second-order valence-electron chi connectivity index (χ2n) is 11.3. The number of aromatic hydroxyl groups is 1. The molecule has 3 fully saturated rings. The number of halogens is 1. The molecule has 9 heteroatoms. The molecular weight excluding hydrogens is 495 g/mol. The Balaban J connectivity index is 0.000000346. The summed E-state index contributed by atoms with van der Waals surface area (Å²) in [5.41, 5.74) is 6.32. The van der Waals surface area contributed by atoms with Gasteiger partial charge in [0.05, 0.1) is 10.9 Å². The fourth-order valence-corrected chi connectivity index (χ4v) is 6.50. The molecule has 39 heavy (non-hydrogen) atoms. The van der Waals surface area contributed by atoms with Gasteiger partial charge in [0.25, 0.3) is 0 Å². The highest BCUT2D eigenvalue weighted by Gasteiger charge is 2.40. The topological polar surface area (TPSA) is 111 Å². The Morgan fingerprint density at radius 1 is 1.10 bits per heavy atom. The van der Waals surface area contributed by atoms with Crippen molar-refractivity contribution in [1.82, 2.24) is 19.9 Å². The highest BCUT2D eigenvalue weighted by Crippen LogP contribution is 2.39. The largest absolute Gasteiger partial charge is 0.508 e. The van der Waals surface area contributed by atoms with Gasteiger partial charge in [0.15, 0.2) is 5.82 Å². The van der Waals surface area contributed by atoms with Crippen LogP contribution in [0.5, 0.6) is 5.75 Å². The number of phenols is 1. The van der Waals surface area contributed by atoms with Crippen LogP contribution in [-0.2, 0) is 0 Å². The lowest BCUT2D eigenvalue weighted by Gasteiger charge is -2.37. The molecular formula is C30H35FN6O2. The second kappa shape index (κ2) is 10.2. The molecule has 7 rings (SSSR count). The fourth-order valence-electron chi connectivity index (χ4n) is 6.50. The fraction of sp³-hybridized carbons (Fsp3) is 0.433. The number of rotatable bonds is 2. The quantitative estimate of drug-likeness (QED) is 0.355. The molecule has 0 radical (unpaired) electrons. The van der Waals surface area contributed by atoms with Crippen molar-refractivity contribution in [2.24, 2.45) is 17.6 Å². The first-order valence-electron chi connectivity index (χ1n) is 13.8. The van der Waals surface area contributed by atoms with Crippen LogP contribution in [0.1, 0.15) is 32.6 Å². The maximum atomic E-state index is 15.8. The van der Waals surface area contributed by atoms with Crippen LogP contribution in [0.3, 0.4) is 0 Å². The summed E-state index contributed by atoms with van der Waals surface area (Å²) in [5, 5.41) is 12.2. The lowest BCUT2D eigenvalue weighted by atomic mass is 9.93. The van der Waals surface area contributed by atoms with Crippen LogP contribution in [0.4, 0.5) is 10.2 Å². The number of piperidine rings is 1. The van der Waals surface area contributed by atoms with Crippen molar-refractivity contribution >= 4 is 27.5 Å². The molecule has 2 aromatic carbocycles. The Labute approximate surface area is 226 Å². The number of nitrogens with zero attached hydrogens (tertiary/aromatic N) is 4. The lowest BCUT2D eigenvalue weighted by molar-refractivity contribution is 0.331. The smallest absolute Gasteiger partial charge is 0.347 e. The molecule has 1 saturated carbocycles. The number of phenolic OH excluding ortho intramolecular Hbond substituents is 1. The lowest BCUT2D eigenvalue weighted by Crippen LogP contribution is -2.49. The van der Waals surface area contributed by atoms with E-state index in [4.69, 9.17) is 5.73 Å². The summed E-state index contributed by atoms with van der Waals surface area (Å²) in [5.74, 6) is 0.521. The van der Waals surface area contributed by atoms with E-state index in [1.807, 2.05) is 29.2 Å². The number of anilines is 1. The van der Waals surface area contributed by atoms with E-state index in [-0.39, 0.29) is 23.0 Å². The number of nitrogens with one attached hydrogen (secondary N) is 1. The van der Waals surface area contributed by atoms with Gasteiger partial charge >= 0.3 is 5.69 Å². The number of aromatic nitrogens is 3. The minimum atomic E-state index is -0.643. The van der Waals surface area contributed by atoms with E-state index in [9.17, 15) is 9.90 Å². The van der Waals surface area contributed by atoms with E-state index < -0.39 is 11.5 Å². The summed E-state index contributed by atoms with van der Waals surface area (Å²) in [6, 6.07) is 11.5. The maximum Gasteiger partial charge on any atom is 0.347 e. The van der Waals surface area contributed by atoms with Crippen LogP contribution in [0, 0.1) is 17.7 Å². The first kappa shape index (κ1) is 25.7. The molecule has 0 unspecified atom stereocenters. The van der Waals surface area contributed by atoms with Gasteiger partial charge in [0.1, 0.15) is 17.3 Å². The summed E-state index contributed by atoms with van der Waals surface area (Å²) in [6.07, 6.45) is 6.48. The van der Waals surface area contributed by atoms with Crippen molar-refractivity contribution < 1.29 is 9.50 Å². The number of fused-ring (bicyclic) bond motifs is 4. The minimum absolute atomic E-state index is 0.0176. The van der Waals surface area contributed by atoms with Crippen LogP contribution in [0.15, 0.2) is 47.4 Å². The van der Waals surface area contributed by atoms with E-state index in [2.05, 4.69) is 33.8 Å². The Morgan fingerprint density at radius 2 is 1.85 bits per heavy atom. The average Bonchev–Trinajstić information content (AvgIpc) is 3.37. The SMILES string of the molecule is C[C@@H]1CCCN1C.NC1[C@@H]2CC[C@@H]1CN(c1nc(=O)[nH]c3c(F)c(-c4cc(O)cc5ccccc45)ncc13)C2. The summed E-state index contributed by atoms with van der Waals surface area (Å²) in [4.78, 5) is 28.0. The van der Waals surface area contributed by atoms with Gasteiger partial charge in [0.2, 0.25) is 0 Å². The molecule has 2 bridgehead atoms. The van der Waals surface area contributed by atoms with Gasteiger partial charge in [-0.3, -0.25) is 4.98 Å². The molecule has 1 aliphatic carbocycles. The van der Waals surface area contributed by atoms with Gasteiger partial charge in [-0.2, -0.15) is 4.98 Å². The van der Waals surface area contributed by atoms with E-state index in [0.29, 0.717) is 41.7 Å². The monoisotopic (exact) mass is 530 g/mol. The first-order chi connectivity index (χ1) is 18.8. The zero-order valence-corrected chi connectivity index (χ0v) is 22.4. The van der Waals surface area contributed by atoms with Crippen LogP contribution in [-0.4, -0.2) is 63.7 Å². The van der Waals surface area contributed by atoms with Crippen molar-refractivity contribution in [3.8, 4) is 17.0 Å². The minimum Gasteiger partial charge on any atom is -0.508 e. The molecule has 4 aromatic rings. The van der Waals surface area contributed by atoms with Crippen LogP contribution < -0.4 is 16.3 Å². The molecule has 2 aromatic heterocycles. The number of hydrogen-bond acceptors (Lipinski definition) is 7. The van der Waals surface area contributed by atoms with Crippen molar-refractivity contribution in [3.63, 3.8) is 0 Å². The zero-order chi connectivity index (χ0) is 27.3. The third-order valence-corrected chi connectivity index (χ3v) is 8.89. The summed E-state index contributed by atoms with van der Waals surface area (Å²) in [6.45, 7) is 4.99. The van der Waals surface area contributed by atoms with Crippen LogP contribution >= 0.6 is 0 Å². The predicted octanol–water partition coefficient (Wildman–Crippen LogP) is 4.26. The number of aromatic amines is 1. The van der Waals surface area contributed by atoms with Gasteiger partial charge < -0.3 is 25.6 Å². The van der Waals surface area contributed by atoms with E-state index >= 15 is 4.39 Å². The standard InChI is InChI=1S/C24H22FN5O2.C6H13N/c25-19-21(17-8-15(31)7-12-3-1-2-4-16(12)17)27-9-18-22(19)28-24(32)29-23(18)30-10-13-5-6-14(11-30)20(13)26;1-6-4-3-5-7(6)2/h1-4,7-9,13-14,20,31H,5-6,10-11,26H2,(H,28,29,32);6H,3-5H2,1-2H3/t13-,14-;6-/m11/s1. The predicted molar refractivity (Wildman–Crippen MR) is 152 cm³/mol. The third-order valence-electron chi connectivity index (χ3n) is 8.89. The summed E-state index contributed by atoms with van der Waals surface area (Å²) in [7, 11) is 2.19. The van der Waals surface area contributed by atoms with Gasteiger partial charge in [-0.05, 0) is 80.9 Å². The highest BCUT2D eigenvalue weighted by atomic mass is 19.1. The molecule has 204 valence electrons. The molecule has 8 nitrogen and oxygen atoms in total. The van der Waals surface area contributed by atoms with E-state index in [1.165, 1.54) is 25.5 Å². The highest BCUT2D eigenvalue weighted by molar-refractivity contribution is 5.99. The third kappa shape index (κ3) is 4.74.